The molecule has 0 spiro atoms. The SMILES string of the molecule is CCCCCCC[C@H]1CC[C@](C#N)(C2OCC(CCCCC)CO2)CC1. The molecule has 0 atom stereocenters. The van der Waals surface area contributed by atoms with Crippen LogP contribution in [0.5, 0.6) is 0 Å². The minimum atomic E-state index is -0.396. The number of rotatable bonds is 11. The zero-order valence-electron chi connectivity index (χ0n) is 17.3. The Hall–Kier alpha value is -0.590. The molecule has 3 nitrogen and oxygen atoms in total. The topological polar surface area (TPSA) is 42.2 Å². The molecular formula is C23H41NO2. The van der Waals surface area contributed by atoms with Crippen LogP contribution in [0.3, 0.4) is 0 Å². The Morgan fingerprint density at radius 1 is 0.808 bits per heavy atom. The highest BCUT2D eigenvalue weighted by Crippen LogP contribution is 2.45. The first-order valence-corrected chi connectivity index (χ1v) is 11.4. The third-order valence-electron chi connectivity index (χ3n) is 6.57. The highest BCUT2D eigenvalue weighted by molar-refractivity contribution is 5.04. The molecule has 2 aliphatic rings. The average molecular weight is 364 g/mol. The highest BCUT2D eigenvalue weighted by Gasteiger charge is 2.45. The number of nitriles is 1. The summed E-state index contributed by atoms with van der Waals surface area (Å²) in [5, 5.41) is 9.88. The van der Waals surface area contributed by atoms with Crippen LogP contribution in [0.25, 0.3) is 0 Å². The molecule has 0 aromatic heterocycles. The molecule has 0 N–H and O–H groups in total. The first-order chi connectivity index (χ1) is 12.7. The summed E-state index contributed by atoms with van der Waals surface area (Å²) in [5.41, 5.74) is -0.396. The van der Waals surface area contributed by atoms with Gasteiger partial charge in [-0.05, 0) is 38.0 Å². The van der Waals surface area contributed by atoms with E-state index in [1.165, 1.54) is 77.0 Å². The number of ether oxygens (including phenoxy) is 2. The molecule has 0 amide bonds. The lowest BCUT2D eigenvalue weighted by atomic mass is 9.69. The van der Waals surface area contributed by atoms with Crippen LogP contribution in [-0.4, -0.2) is 19.5 Å². The van der Waals surface area contributed by atoms with Crippen molar-refractivity contribution in [1.29, 1.82) is 5.26 Å². The third-order valence-corrected chi connectivity index (χ3v) is 6.57. The summed E-state index contributed by atoms with van der Waals surface area (Å²) in [6.07, 6.45) is 17.1. The molecule has 0 unspecified atom stereocenters. The Morgan fingerprint density at radius 3 is 1.96 bits per heavy atom. The standard InChI is InChI=1S/C23H41NO2/c1-3-5-7-8-10-11-20-13-15-23(19-24,16-14-20)22-25-17-21(18-26-22)12-9-6-4-2/h20-22H,3-18H2,1-2H3/t20-,21?,22?,23-. The van der Waals surface area contributed by atoms with Gasteiger partial charge in [-0.15, -0.1) is 0 Å². The van der Waals surface area contributed by atoms with Crippen LogP contribution in [0.2, 0.25) is 0 Å². The van der Waals surface area contributed by atoms with Crippen LogP contribution in [0, 0.1) is 28.6 Å². The maximum Gasteiger partial charge on any atom is 0.176 e. The molecule has 2 rings (SSSR count). The molecule has 0 bridgehead atoms. The lowest BCUT2D eigenvalue weighted by molar-refractivity contribution is -0.247. The van der Waals surface area contributed by atoms with Gasteiger partial charge in [0.2, 0.25) is 0 Å². The fraction of sp³-hybridized carbons (Fsp3) is 0.957. The molecule has 0 aromatic carbocycles. The van der Waals surface area contributed by atoms with Crippen molar-refractivity contribution in [1.82, 2.24) is 0 Å². The van der Waals surface area contributed by atoms with Gasteiger partial charge in [-0.25, -0.2) is 0 Å². The second kappa shape index (κ2) is 12.0. The lowest BCUT2D eigenvalue weighted by Crippen LogP contribution is -2.45. The zero-order valence-corrected chi connectivity index (χ0v) is 17.3. The molecule has 26 heavy (non-hydrogen) atoms. The molecule has 1 heterocycles. The van der Waals surface area contributed by atoms with Crippen molar-refractivity contribution in [2.75, 3.05) is 13.2 Å². The van der Waals surface area contributed by atoms with E-state index in [0.29, 0.717) is 5.92 Å². The zero-order chi connectivity index (χ0) is 18.7. The van der Waals surface area contributed by atoms with Gasteiger partial charge in [0.25, 0.3) is 0 Å². The predicted octanol–water partition coefficient (Wildman–Crippen LogP) is 6.62. The predicted molar refractivity (Wildman–Crippen MR) is 107 cm³/mol. The van der Waals surface area contributed by atoms with Crippen LogP contribution >= 0.6 is 0 Å². The van der Waals surface area contributed by atoms with Crippen LogP contribution in [0.1, 0.15) is 104 Å². The maximum absolute atomic E-state index is 9.88. The second-order valence-electron chi connectivity index (χ2n) is 8.77. The second-order valence-corrected chi connectivity index (χ2v) is 8.77. The summed E-state index contributed by atoms with van der Waals surface area (Å²) in [7, 11) is 0. The summed E-state index contributed by atoms with van der Waals surface area (Å²) in [5.74, 6) is 1.33. The fourth-order valence-electron chi connectivity index (χ4n) is 4.63. The fourth-order valence-corrected chi connectivity index (χ4v) is 4.63. The summed E-state index contributed by atoms with van der Waals surface area (Å²) >= 11 is 0. The summed E-state index contributed by atoms with van der Waals surface area (Å²) < 4.78 is 12.1. The van der Waals surface area contributed by atoms with Gasteiger partial charge in [0.1, 0.15) is 5.41 Å². The smallest absolute Gasteiger partial charge is 0.176 e. The van der Waals surface area contributed by atoms with E-state index >= 15 is 0 Å². The summed E-state index contributed by atoms with van der Waals surface area (Å²) in [6, 6.07) is 2.61. The van der Waals surface area contributed by atoms with E-state index < -0.39 is 5.41 Å². The Morgan fingerprint density at radius 2 is 1.35 bits per heavy atom. The maximum atomic E-state index is 9.88. The average Bonchev–Trinajstić information content (AvgIpc) is 2.69. The lowest BCUT2D eigenvalue weighted by Gasteiger charge is -2.42. The third kappa shape index (κ3) is 6.54. The molecule has 0 aromatic rings. The quantitative estimate of drug-likeness (QED) is 0.387. The van der Waals surface area contributed by atoms with Gasteiger partial charge in [-0.1, -0.05) is 71.6 Å². The Kier molecular flexibility index (Phi) is 10.0. The van der Waals surface area contributed by atoms with E-state index in [0.717, 1.165) is 32.0 Å². The van der Waals surface area contributed by atoms with E-state index in [1.54, 1.807) is 0 Å². The van der Waals surface area contributed by atoms with Gasteiger partial charge >= 0.3 is 0 Å². The van der Waals surface area contributed by atoms with E-state index in [2.05, 4.69) is 19.9 Å². The number of nitrogens with zero attached hydrogens (tertiary/aromatic N) is 1. The van der Waals surface area contributed by atoms with Crippen molar-refractivity contribution in [3.05, 3.63) is 0 Å². The van der Waals surface area contributed by atoms with Crippen LogP contribution in [-0.2, 0) is 9.47 Å². The Bertz CT molecular complexity index is 401. The molecule has 150 valence electrons. The minimum Gasteiger partial charge on any atom is -0.351 e. The van der Waals surface area contributed by atoms with Crippen LogP contribution < -0.4 is 0 Å². The van der Waals surface area contributed by atoms with Gasteiger partial charge < -0.3 is 9.47 Å². The number of hydrogen-bond acceptors (Lipinski definition) is 3. The molecule has 1 aliphatic heterocycles. The molecular weight excluding hydrogens is 322 g/mol. The first kappa shape index (κ1) is 21.7. The van der Waals surface area contributed by atoms with Crippen molar-refractivity contribution in [3.8, 4) is 6.07 Å². The number of hydrogen-bond donors (Lipinski definition) is 0. The van der Waals surface area contributed by atoms with Crippen molar-refractivity contribution >= 4 is 0 Å². The van der Waals surface area contributed by atoms with E-state index in [1.807, 2.05) is 0 Å². The first-order valence-electron chi connectivity index (χ1n) is 11.4. The van der Waals surface area contributed by atoms with Gasteiger partial charge in [0.05, 0.1) is 19.3 Å². The minimum absolute atomic E-state index is 0.291. The normalized spacial score (nSPS) is 32.3. The molecule has 1 aliphatic carbocycles. The van der Waals surface area contributed by atoms with Crippen molar-refractivity contribution < 1.29 is 9.47 Å². The van der Waals surface area contributed by atoms with Gasteiger partial charge in [0.15, 0.2) is 6.29 Å². The largest absolute Gasteiger partial charge is 0.351 e. The molecule has 1 saturated carbocycles. The van der Waals surface area contributed by atoms with Crippen molar-refractivity contribution in [2.24, 2.45) is 17.3 Å². The summed E-state index contributed by atoms with van der Waals surface area (Å²) in [4.78, 5) is 0. The summed E-state index contributed by atoms with van der Waals surface area (Å²) in [6.45, 7) is 6.06. The Labute approximate surface area is 161 Å². The van der Waals surface area contributed by atoms with Gasteiger partial charge in [0, 0.05) is 5.92 Å². The Balaban J connectivity index is 1.69. The molecule has 0 radical (unpaired) electrons. The van der Waals surface area contributed by atoms with E-state index in [4.69, 9.17) is 9.47 Å². The molecule has 2 fully saturated rings. The molecule has 1 saturated heterocycles. The van der Waals surface area contributed by atoms with E-state index in [9.17, 15) is 5.26 Å². The van der Waals surface area contributed by atoms with Gasteiger partial charge in [-0.3, -0.25) is 0 Å². The van der Waals surface area contributed by atoms with Crippen molar-refractivity contribution in [3.63, 3.8) is 0 Å². The van der Waals surface area contributed by atoms with Crippen LogP contribution in [0.15, 0.2) is 0 Å². The van der Waals surface area contributed by atoms with Crippen LogP contribution in [0.4, 0.5) is 0 Å². The highest BCUT2D eigenvalue weighted by atomic mass is 16.7. The van der Waals surface area contributed by atoms with Gasteiger partial charge in [-0.2, -0.15) is 5.26 Å². The van der Waals surface area contributed by atoms with Crippen molar-refractivity contribution in [2.45, 2.75) is 110 Å². The number of unbranched alkanes of at least 4 members (excludes halogenated alkanes) is 6. The molecule has 3 heteroatoms. The monoisotopic (exact) mass is 363 g/mol. The van der Waals surface area contributed by atoms with E-state index in [-0.39, 0.29) is 6.29 Å².